The lowest BCUT2D eigenvalue weighted by molar-refractivity contribution is 0.182. The third kappa shape index (κ3) is 4.85. The van der Waals surface area contributed by atoms with Crippen molar-refractivity contribution in [3.05, 3.63) is 63.7 Å². The molecule has 2 aliphatic rings. The number of nitrogens with one attached hydrogen (secondary N) is 1. The van der Waals surface area contributed by atoms with Crippen molar-refractivity contribution < 1.29 is 8.42 Å². The molecule has 0 bridgehead atoms. The van der Waals surface area contributed by atoms with Crippen LogP contribution in [0, 0.1) is 13.8 Å². The van der Waals surface area contributed by atoms with Crippen molar-refractivity contribution in [2.75, 3.05) is 25.5 Å². The number of sulfonamides is 1. The van der Waals surface area contributed by atoms with Gasteiger partial charge in [0, 0.05) is 25.0 Å². The van der Waals surface area contributed by atoms with Gasteiger partial charge in [-0.15, -0.1) is 11.6 Å². The quantitative estimate of drug-likeness (QED) is 0.436. The van der Waals surface area contributed by atoms with Crippen molar-refractivity contribution >= 4 is 21.6 Å². The maximum Gasteiger partial charge on any atom is 0.240 e. The van der Waals surface area contributed by atoms with Gasteiger partial charge >= 0.3 is 0 Å². The van der Waals surface area contributed by atoms with E-state index in [-0.39, 0.29) is 0 Å². The molecule has 0 amide bonds. The molecule has 168 valence electrons. The van der Waals surface area contributed by atoms with Crippen LogP contribution in [0.25, 0.3) is 0 Å². The zero-order valence-electron chi connectivity index (χ0n) is 18.6. The Morgan fingerprint density at radius 2 is 1.87 bits per heavy atom. The minimum atomic E-state index is -3.49. The van der Waals surface area contributed by atoms with E-state index >= 15 is 0 Å². The summed E-state index contributed by atoms with van der Waals surface area (Å²) in [5.41, 5.74) is 7.52. The Bertz CT molecular complexity index is 1050. The highest BCUT2D eigenvalue weighted by Crippen LogP contribution is 2.41. The molecule has 6 heteroatoms. The molecule has 1 heterocycles. The van der Waals surface area contributed by atoms with Gasteiger partial charge in [0.1, 0.15) is 0 Å². The average molecular weight is 461 g/mol. The summed E-state index contributed by atoms with van der Waals surface area (Å²) in [6, 6.07) is 11.1. The van der Waals surface area contributed by atoms with Crippen molar-refractivity contribution in [2.45, 2.75) is 63.3 Å². The van der Waals surface area contributed by atoms with E-state index in [2.05, 4.69) is 27.8 Å². The zero-order chi connectivity index (χ0) is 22.0. The second-order valence-corrected chi connectivity index (χ2v) is 11.0. The van der Waals surface area contributed by atoms with Crippen molar-refractivity contribution in [3.63, 3.8) is 0 Å². The first-order valence-corrected chi connectivity index (χ1v) is 13.4. The van der Waals surface area contributed by atoms with E-state index < -0.39 is 10.0 Å². The van der Waals surface area contributed by atoms with Crippen LogP contribution in [0.3, 0.4) is 0 Å². The van der Waals surface area contributed by atoms with Crippen LogP contribution >= 0.6 is 11.6 Å². The van der Waals surface area contributed by atoms with Crippen molar-refractivity contribution in [2.24, 2.45) is 0 Å². The van der Waals surface area contributed by atoms with E-state index in [1.54, 1.807) is 11.6 Å². The van der Waals surface area contributed by atoms with E-state index in [0.29, 0.717) is 23.4 Å². The van der Waals surface area contributed by atoms with Crippen LogP contribution in [0.5, 0.6) is 0 Å². The molecule has 0 radical (unpaired) electrons. The highest BCUT2D eigenvalue weighted by atomic mass is 35.5. The van der Waals surface area contributed by atoms with Gasteiger partial charge in [0.25, 0.3) is 0 Å². The molecule has 4 nitrogen and oxygen atoms in total. The standard InChI is InChI=1S/C25H33ClN2O2S/c1-18-17-24(19(2)16-22(18)10-12-26)31(29,30)27-13-3-4-14-28-15-11-21-7-5-6-20-8-9-23(28)25(20)21/h5-7,16-17,23,27H,3-4,8-15H2,1-2H3. The maximum atomic E-state index is 12.8. The van der Waals surface area contributed by atoms with Gasteiger partial charge in [-0.25, -0.2) is 13.1 Å². The van der Waals surface area contributed by atoms with Crippen molar-refractivity contribution in [3.8, 4) is 0 Å². The van der Waals surface area contributed by atoms with Gasteiger partial charge in [0.15, 0.2) is 0 Å². The first kappa shape index (κ1) is 22.8. The molecule has 0 aromatic heterocycles. The Labute approximate surface area is 192 Å². The molecule has 0 saturated carbocycles. The summed E-state index contributed by atoms with van der Waals surface area (Å²) >= 11 is 5.86. The number of alkyl halides is 1. The summed E-state index contributed by atoms with van der Waals surface area (Å²) in [4.78, 5) is 2.99. The van der Waals surface area contributed by atoms with Gasteiger partial charge in [-0.05, 0) is 98.4 Å². The fourth-order valence-electron chi connectivity index (χ4n) is 5.25. The molecule has 0 fully saturated rings. The Kier molecular flexibility index (Phi) is 7.07. The molecule has 1 aliphatic carbocycles. The third-order valence-corrected chi connectivity index (χ3v) is 8.66. The van der Waals surface area contributed by atoms with E-state index in [0.717, 1.165) is 55.5 Å². The van der Waals surface area contributed by atoms with Gasteiger partial charge in [0.05, 0.1) is 4.90 Å². The van der Waals surface area contributed by atoms with E-state index in [4.69, 9.17) is 11.6 Å². The summed E-state index contributed by atoms with van der Waals surface area (Å²) in [7, 11) is -3.49. The molecule has 1 aliphatic heterocycles. The highest BCUT2D eigenvalue weighted by Gasteiger charge is 2.32. The van der Waals surface area contributed by atoms with Crippen LogP contribution in [0.15, 0.2) is 35.2 Å². The number of benzene rings is 2. The largest absolute Gasteiger partial charge is 0.296 e. The van der Waals surface area contributed by atoms with Gasteiger partial charge in [-0.1, -0.05) is 24.3 Å². The summed E-state index contributed by atoms with van der Waals surface area (Å²) in [6.45, 7) is 6.43. The number of aryl methyl sites for hydroxylation is 4. The van der Waals surface area contributed by atoms with Crippen molar-refractivity contribution in [1.82, 2.24) is 9.62 Å². The summed E-state index contributed by atoms with van der Waals surface area (Å²) in [5, 5.41) is 0. The lowest BCUT2D eigenvalue weighted by Crippen LogP contribution is -2.35. The Balaban J connectivity index is 1.29. The number of halogens is 1. The second kappa shape index (κ2) is 9.62. The predicted octanol–water partition coefficient (Wildman–Crippen LogP) is 4.69. The Morgan fingerprint density at radius 3 is 2.65 bits per heavy atom. The summed E-state index contributed by atoms with van der Waals surface area (Å²) in [6.07, 6.45) is 6.14. The van der Waals surface area contributed by atoms with Crippen LogP contribution < -0.4 is 4.72 Å². The van der Waals surface area contributed by atoms with E-state index in [1.807, 2.05) is 19.9 Å². The molecule has 2 aromatic carbocycles. The second-order valence-electron chi connectivity index (χ2n) is 8.92. The van der Waals surface area contributed by atoms with Gasteiger partial charge < -0.3 is 0 Å². The fourth-order valence-corrected chi connectivity index (χ4v) is 6.84. The number of rotatable bonds is 9. The monoisotopic (exact) mass is 460 g/mol. The molecule has 4 rings (SSSR count). The van der Waals surface area contributed by atoms with Gasteiger partial charge in [-0.3, -0.25) is 4.90 Å². The average Bonchev–Trinajstić information content (AvgIpc) is 3.18. The third-order valence-electron chi connectivity index (χ3n) is 6.87. The molecule has 1 unspecified atom stereocenters. The Hall–Kier alpha value is -1.40. The van der Waals surface area contributed by atoms with Crippen LogP contribution in [-0.2, 0) is 29.3 Å². The molecule has 31 heavy (non-hydrogen) atoms. The molecule has 0 saturated heterocycles. The first-order chi connectivity index (χ1) is 14.9. The fraction of sp³-hybridized carbons (Fsp3) is 0.520. The number of nitrogens with zero attached hydrogens (tertiary/aromatic N) is 1. The highest BCUT2D eigenvalue weighted by molar-refractivity contribution is 7.89. The minimum absolute atomic E-state index is 0.384. The molecular formula is C25H33ClN2O2S. The van der Waals surface area contributed by atoms with Gasteiger partial charge in [-0.2, -0.15) is 0 Å². The molecule has 1 N–H and O–H groups in total. The number of unbranched alkanes of at least 4 members (excludes halogenated alkanes) is 1. The van der Waals surface area contributed by atoms with E-state index in [9.17, 15) is 8.42 Å². The topological polar surface area (TPSA) is 49.4 Å². The Morgan fingerprint density at radius 1 is 1.10 bits per heavy atom. The zero-order valence-corrected chi connectivity index (χ0v) is 20.2. The first-order valence-electron chi connectivity index (χ1n) is 11.4. The number of hydrogen-bond donors (Lipinski definition) is 1. The maximum absolute atomic E-state index is 12.8. The number of hydrogen-bond acceptors (Lipinski definition) is 3. The summed E-state index contributed by atoms with van der Waals surface area (Å²) in [5.74, 6) is 0.537. The van der Waals surface area contributed by atoms with Gasteiger partial charge in [0.2, 0.25) is 10.0 Å². The van der Waals surface area contributed by atoms with Crippen LogP contribution in [0.4, 0.5) is 0 Å². The van der Waals surface area contributed by atoms with Crippen LogP contribution in [0.1, 0.15) is 58.7 Å². The van der Waals surface area contributed by atoms with E-state index in [1.165, 1.54) is 24.0 Å². The molecule has 1 atom stereocenters. The normalized spacial score (nSPS) is 18.4. The lowest BCUT2D eigenvalue weighted by Gasteiger charge is -2.35. The lowest BCUT2D eigenvalue weighted by atomic mass is 9.93. The summed E-state index contributed by atoms with van der Waals surface area (Å²) < 4.78 is 28.5. The smallest absolute Gasteiger partial charge is 0.240 e. The SMILES string of the molecule is Cc1cc(S(=O)(=O)NCCCCN2CCc3cccc4c3C2CC4)c(C)cc1CCCl. The van der Waals surface area contributed by atoms with Crippen molar-refractivity contribution in [1.29, 1.82) is 0 Å². The molecule has 0 spiro atoms. The minimum Gasteiger partial charge on any atom is -0.296 e. The van der Waals surface area contributed by atoms with Crippen LogP contribution in [-0.4, -0.2) is 38.8 Å². The molecular weight excluding hydrogens is 428 g/mol. The predicted molar refractivity (Wildman–Crippen MR) is 128 cm³/mol. The van der Waals surface area contributed by atoms with Crippen LogP contribution in [0.2, 0.25) is 0 Å². The molecule has 2 aromatic rings.